The van der Waals surface area contributed by atoms with Gasteiger partial charge in [0.05, 0.1) is 5.75 Å². The molecule has 7 heteroatoms. The van der Waals surface area contributed by atoms with Gasteiger partial charge in [0.15, 0.2) is 9.84 Å². The minimum atomic E-state index is -3.23. The van der Waals surface area contributed by atoms with Crippen LogP contribution in [0.5, 0.6) is 0 Å². The van der Waals surface area contributed by atoms with Crippen LogP contribution in [0.2, 0.25) is 0 Å². The largest absolute Gasteiger partial charge is 0.355 e. The number of rotatable bonds is 5. The third-order valence-corrected chi connectivity index (χ3v) is 5.49. The summed E-state index contributed by atoms with van der Waals surface area (Å²) < 4.78 is 23.5. The average molecular weight is 285 g/mol. The first kappa shape index (κ1) is 14.0. The number of nitrogens with zero attached hydrogens (tertiary/aromatic N) is 1. The van der Waals surface area contributed by atoms with Crippen molar-refractivity contribution in [3.8, 4) is 0 Å². The lowest BCUT2D eigenvalue weighted by atomic mass is 10.2. The number of carbonyl (C=O) groups excluding carboxylic acids is 1. The number of aromatic amines is 1. The van der Waals surface area contributed by atoms with Gasteiger partial charge in [0.25, 0.3) is 0 Å². The number of hydrogen-bond donors (Lipinski definition) is 2. The van der Waals surface area contributed by atoms with E-state index in [-0.39, 0.29) is 11.7 Å². The number of aryl methyl sites for hydroxylation is 1. The maximum absolute atomic E-state index is 11.9. The predicted octanol–water partition coefficient (Wildman–Crippen LogP) is 0.426. The van der Waals surface area contributed by atoms with Crippen molar-refractivity contribution in [2.45, 2.75) is 37.4 Å². The van der Waals surface area contributed by atoms with Crippen LogP contribution < -0.4 is 5.32 Å². The Morgan fingerprint density at radius 3 is 3.00 bits per heavy atom. The Hall–Kier alpha value is -1.37. The summed E-state index contributed by atoms with van der Waals surface area (Å²) in [5.41, 5.74) is 0. The molecular formula is C12H19N3O3S. The van der Waals surface area contributed by atoms with E-state index in [0.29, 0.717) is 19.4 Å². The van der Waals surface area contributed by atoms with Crippen LogP contribution in [0.25, 0.3) is 0 Å². The molecule has 1 fully saturated rings. The smallest absolute Gasteiger partial charge is 0.238 e. The zero-order valence-corrected chi connectivity index (χ0v) is 11.6. The number of sulfone groups is 1. The van der Waals surface area contributed by atoms with Crippen molar-refractivity contribution in [1.29, 1.82) is 0 Å². The molecule has 1 aliphatic rings. The summed E-state index contributed by atoms with van der Waals surface area (Å²) in [6, 6.07) is 0. The molecule has 0 saturated carbocycles. The third-order valence-electron chi connectivity index (χ3n) is 3.32. The topological polar surface area (TPSA) is 91.9 Å². The molecule has 0 aromatic carbocycles. The predicted molar refractivity (Wildman–Crippen MR) is 71.3 cm³/mol. The fraction of sp³-hybridized carbons (Fsp3) is 0.667. The molecule has 1 amide bonds. The van der Waals surface area contributed by atoms with Gasteiger partial charge in [0.1, 0.15) is 11.1 Å². The average Bonchev–Trinajstić information content (AvgIpc) is 2.87. The Bertz CT molecular complexity index is 510. The molecule has 2 N–H and O–H groups in total. The van der Waals surface area contributed by atoms with Crippen molar-refractivity contribution in [2.24, 2.45) is 0 Å². The molecule has 0 radical (unpaired) electrons. The second-order valence-electron chi connectivity index (χ2n) is 4.78. The van der Waals surface area contributed by atoms with Gasteiger partial charge >= 0.3 is 0 Å². The molecule has 106 valence electrons. The standard InChI is InChI=1S/C12H19N3O3S/c16-12(10-4-1-2-9-19(10,17)18)15-6-3-5-11-13-7-8-14-11/h7-8,10H,1-6,9H2,(H,13,14)(H,15,16). The third kappa shape index (κ3) is 3.79. The van der Waals surface area contributed by atoms with E-state index in [1.807, 2.05) is 0 Å². The van der Waals surface area contributed by atoms with Gasteiger partial charge in [0, 0.05) is 25.4 Å². The van der Waals surface area contributed by atoms with Crippen molar-refractivity contribution in [3.63, 3.8) is 0 Å². The van der Waals surface area contributed by atoms with Gasteiger partial charge in [-0.05, 0) is 19.3 Å². The van der Waals surface area contributed by atoms with E-state index in [1.165, 1.54) is 0 Å². The van der Waals surface area contributed by atoms with Crippen LogP contribution in [0.4, 0.5) is 0 Å². The summed E-state index contributed by atoms with van der Waals surface area (Å²) in [6.45, 7) is 0.478. The quantitative estimate of drug-likeness (QED) is 0.767. The van der Waals surface area contributed by atoms with E-state index < -0.39 is 15.1 Å². The lowest BCUT2D eigenvalue weighted by molar-refractivity contribution is -0.120. The summed E-state index contributed by atoms with van der Waals surface area (Å²) >= 11 is 0. The van der Waals surface area contributed by atoms with E-state index >= 15 is 0 Å². The lowest BCUT2D eigenvalue weighted by Gasteiger charge is -2.21. The second kappa shape index (κ2) is 6.18. The SMILES string of the molecule is O=C(NCCCc1ncc[nH]1)C1CCCCS1(=O)=O. The van der Waals surface area contributed by atoms with Gasteiger partial charge in [-0.1, -0.05) is 6.42 Å². The van der Waals surface area contributed by atoms with Crippen LogP contribution in [-0.2, 0) is 21.1 Å². The van der Waals surface area contributed by atoms with E-state index in [9.17, 15) is 13.2 Å². The first-order valence-corrected chi connectivity index (χ1v) is 8.29. The minimum Gasteiger partial charge on any atom is -0.355 e. The number of carbonyl (C=O) groups is 1. The molecule has 2 rings (SSSR count). The minimum absolute atomic E-state index is 0.136. The number of H-pyrrole nitrogens is 1. The monoisotopic (exact) mass is 285 g/mol. The highest BCUT2D eigenvalue weighted by Crippen LogP contribution is 2.19. The number of hydrogen-bond acceptors (Lipinski definition) is 4. The maximum Gasteiger partial charge on any atom is 0.238 e. The number of imidazole rings is 1. The molecule has 1 atom stereocenters. The zero-order valence-electron chi connectivity index (χ0n) is 10.8. The molecule has 19 heavy (non-hydrogen) atoms. The first-order valence-electron chi connectivity index (χ1n) is 6.57. The highest BCUT2D eigenvalue weighted by molar-refractivity contribution is 7.92. The van der Waals surface area contributed by atoms with Gasteiger partial charge in [0.2, 0.25) is 5.91 Å². The van der Waals surface area contributed by atoms with E-state index in [2.05, 4.69) is 15.3 Å². The fourth-order valence-corrected chi connectivity index (χ4v) is 4.09. The van der Waals surface area contributed by atoms with Gasteiger partial charge in [-0.2, -0.15) is 0 Å². The van der Waals surface area contributed by atoms with E-state index in [1.54, 1.807) is 12.4 Å². The van der Waals surface area contributed by atoms with Crippen LogP contribution >= 0.6 is 0 Å². The van der Waals surface area contributed by atoms with E-state index in [0.717, 1.165) is 25.1 Å². The molecule has 0 aliphatic carbocycles. The number of nitrogens with one attached hydrogen (secondary N) is 2. The van der Waals surface area contributed by atoms with Crippen molar-refractivity contribution in [2.75, 3.05) is 12.3 Å². The first-order chi connectivity index (χ1) is 9.09. The summed E-state index contributed by atoms with van der Waals surface area (Å²) in [6.07, 6.45) is 6.85. The Balaban J connectivity index is 1.75. The Kier molecular flexibility index (Phi) is 4.57. The summed E-state index contributed by atoms with van der Waals surface area (Å²) in [7, 11) is -3.23. The van der Waals surface area contributed by atoms with Crippen molar-refractivity contribution in [3.05, 3.63) is 18.2 Å². The van der Waals surface area contributed by atoms with Gasteiger partial charge in [-0.25, -0.2) is 13.4 Å². The highest BCUT2D eigenvalue weighted by Gasteiger charge is 2.34. The maximum atomic E-state index is 11.9. The van der Waals surface area contributed by atoms with Crippen LogP contribution in [0.1, 0.15) is 31.5 Å². The molecular weight excluding hydrogens is 266 g/mol. The van der Waals surface area contributed by atoms with Gasteiger partial charge < -0.3 is 10.3 Å². The zero-order chi connectivity index (χ0) is 13.7. The molecule has 1 unspecified atom stereocenters. The highest BCUT2D eigenvalue weighted by atomic mass is 32.2. The molecule has 1 aromatic rings. The van der Waals surface area contributed by atoms with E-state index in [4.69, 9.17) is 0 Å². The Labute approximate surface area is 112 Å². The molecule has 2 heterocycles. The fourth-order valence-electron chi connectivity index (χ4n) is 2.26. The summed E-state index contributed by atoms with van der Waals surface area (Å²) in [4.78, 5) is 18.9. The van der Waals surface area contributed by atoms with Gasteiger partial charge in [-0.3, -0.25) is 4.79 Å². The molecule has 0 spiro atoms. The molecule has 1 saturated heterocycles. The number of amides is 1. The van der Waals surface area contributed by atoms with Crippen molar-refractivity contribution in [1.82, 2.24) is 15.3 Å². The van der Waals surface area contributed by atoms with Crippen LogP contribution in [0.15, 0.2) is 12.4 Å². The second-order valence-corrected chi connectivity index (χ2v) is 7.08. The molecule has 1 aliphatic heterocycles. The van der Waals surface area contributed by atoms with Crippen LogP contribution in [-0.4, -0.2) is 41.8 Å². The Morgan fingerprint density at radius 1 is 1.47 bits per heavy atom. The number of aromatic nitrogens is 2. The van der Waals surface area contributed by atoms with Crippen LogP contribution in [0, 0.1) is 0 Å². The normalized spacial score (nSPS) is 22.0. The molecule has 1 aromatic heterocycles. The van der Waals surface area contributed by atoms with Crippen molar-refractivity contribution >= 4 is 15.7 Å². The van der Waals surface area contributed by atoms with Gasteiger partial charge in [-0.15, -0.1) is 0 Å². The summed E-state index contributed by atoms with van der Waals surface area (Å²) in [5, 5.41) is 1.87. The van der Waals surface area contributed by atoms with Crippen LogP contribution in [0.3, 0.4) is 0 Å². The van der Waals surface area contributed by atoms with Crippen molar-refractivity contribution < 1.29 is 13.2 Å². The Morgan fingerprint density at radius 2 is 2.32 bits per heavy atom. The lowest BCUT2D eigenvalue weighted by Crippen LogP contribution is -2.43. The molecule has 6 nitrogen and oxygen atoms in total. The molecule has 0 bridgehead atoms. The summed E-state index contributed by atoms with van der Waals surface area (Å²) in [5.74, 6) is 0.663.